The number of carbonyl (C=O) groups excluding carboxylic acids is 3. The topological polar surface area (TPSA) is 93.7 Å². The highest BCUT2D eigenvalue weighted by Gasteiger charge is 2.10. The summed E-state index contributed by atoms with van der Waals surface area (Å²) in [4.78, 5) is 33.4. The van der Waals surface area contributed by atoms with Crippen molar-refractivity contribution in [3.05, 3.63) is 29.8 Å². The third-order valence-corrected chi connectivity index (χ3v) is 2.50. The molecule has 21 heavy (non-hydrogen) atoms. The number of para-hydroxylation sites is 1. The number of rotatable bonds is 6. The maximum atomic E-state index is 11.4. The second-order valence-electron chi connectivity index (χ2n) is 4.15. The van der Waals surface area contributed by atoms with Gasteiger partial charge in [-0.3, -0.25) is 14.9 Å². The number of esters is 1. The van der Waals surface area contributed by atoms with Crippen LogP contribution in [0.15, 0.2) is 24.3 Å². The Labute approximate surface area is 122 Å². The summed E-state index contributed by atoms with van der Waals surface area (Å²) in [6, 6.07) is 6.78. The van der Waals surface area contributed by atoms with Gasteiger partial charge in [-0.15, -0.1) is 0 Å². The van der Waals surface area contributed by atoms with E-state index in [4.69, 9.17) is 9.47 Å². The Bertz CT molecular complexity index is 516. The van der Waals surface area contributed by atoms with Crippen molar-refractivity contribution in [2.75, 3.05) is 20.3 Å². The third-order valence-electron chi connectivity index (χ3n) is 2.50. The summed E-state index contributed by atoms with van der Waals surface area (Å²) in [6.07, 6.45) is 0.0155. The predicted molar refractivity (Wildman–Crippen MR) is 74.8 cm³/mol. The van der Waals surface area contributed by atoms with Crippen LogP contribution in [0.2, 0.25) is 0 Å². The van der Waals surface area contributed by atoms with E-state index in [9.17, 15) is 14.4 Å². The van der Waals surface area contributed by atoms with Crippen LogP contribution in [0.25, 0.3) is 0 Å². The zero-order valence-corrected chi connectivity index (χ0v) is 12.0. The van der Waals surface area contributed by atoms with Gasteiger partial charge in [-0.05, 0) is 18.6 Å². The molecule has 114 valence electrons. The average molecular weight is 294 g/mol. The second kappa shape index (κ2) is 8.57. The fourth-order valence-corrected chi connectivity index (χ4v) is 1.41. The van der Waals surface area contributed by atoms with Crippen LogP contribution in [0.5, 0.6) is 5.75 Å². The van der Waals surface area contributed by atoms with Gasteiger partial charge in [0.15, 0.2) is 6.61 Å². The van der Waals surface area contributed by atoms with E-state index >= 15 is 0 Å². The first-order valence-corrected chi connectivity index (χ1v) is 6.38. The molecule has 0 fully saturated rings. The SMILES string of the molecule is CNC(=O)NC(=O)COC(=O)CCOc1ccccc1C. The molecule has 1 rings (SSSR count). The molecule has 0 saturated carbocycles. The smallest absolute Gasteiger partial charge is 0.321 e. The number of urea groups is 1. The van der Waals surface area contributed by atoms with Crippen molar-refractivity contribution in [3.63, 3.8) is 0 Å². The lowest BCUT2D eigenvalue weighted by atomic mass is 10.2. The Morgan fingerprint density at radius 2 is 1.90 bits per heavy atom. The van der Waals surface area contributed by atoms with E-state index in [0.717, 1.165) is 5.56 Å². The largest absolute Gasteiger partial charge is 0.493 e. The van der Waals surface area contributed by atoms with Gasteiger partial charge in [-0.2, -0.15) is 0 Å². The highest BCUT2D eigenvalue weighted by molar-refractivity contribution is 5.95. The van der Waals surface area contributed by atoms with Crippen molar-refractivity contribution >= 4 is 17.9 Å². The van der Waals surface area contributed by atoms with Gasteiger partial charge in [0.25, 0.3) is 5.91 Å². The number of ether oxygens (including phenoxy) is 2. The average Bonchev–Trinajstić information content (AvgIpc) is 2.47. The van der Waals surface area contributed by atoms with Gasteiger partial charge in [-0.25, -0.2) is 4.79 Å². The Kier molecular flexibility index (Phi) is 6.73. The Balaban J connectivity index is 2.21. The third kappa shape index (κ3) is 6.42. The van der Waals surface area contributed by atoms with Gasteiger partial charge < -0.3 is 14.8 Å². The molecule has 3 amide bonds. The van der Waals surface area contributed by atoms with Gasteiger partial charge in [0.1, 0.15) is 5.75 Å². The Morgan fingerprint density at radius 3 is 2.57 bits per heavy atom. The normalized spacial score (nSPS) is 9.62. The maximum Gasteiger partial charge on any atom is 0.321 e. The highest BCUT2D eigenvalue weighted by atomic mass is 16.5. The quantitative estimate of drug-likeness (QED) is 0.756. The van der Waals surface area contributed by atoms with Crippen molar-refractivity contribution in [3.8, 4) is 5.75 Å². The summed E-state index contributed by atoms with van der Waals surface area (Å²) in [6.45, 7) is 1.55. The predicted octanol–water partition coefficient (Wildman–Crippen LogP) is 0.763. The first-order valence-electron chi connectivity index (χ1n) is 6.38. The lowest BCUT2D eigenvalue weighted by molar-refractivity contribution is -0.148. The molecule has 0 heterocycles. The number of imide groups is 1. The standard InChI is InChI=1S/C14H18N2O5/c1-10-5-3-4-6-11(10)20-8-7-13(18)21-9-12(17)16-14(19)15-2/h3-6H,7-9H2,1-2H3,(H2,15,16,17,19). The summed E-state index contributed by atoms with van der Waals surface area (Å²) in [7, 11) is 1.37. The van der Waals surface area contributed by atoms with Crippen LogP contribution in [-0.4, -0.2) is 38.2 Å². The van der Waals surface area contributed by atoms with Gasteiger partial charge in [-0.1, -0.05) is 18.2 Å². The van der Waals surface area contributed by atoms with Crippen molar-refractivity contribution in [2.24, 2.45) is 0 Å². The van der Waals surface area contributed by atoms with E-state index in [2.05, 4.69) is 5.32 Å². The zero-order chi connectivity index (χ0) is 15.7. The minimum Gasteiger partial charge on any atom is -0.493 e. The van der Waals surface area contributed by atoms with E-state index in [1.54, 1.807) is 6.07 Å². The number of carbonyl (C=O) groups is 3. The van der Waals surface area contributed by atoms with Crippen molar-refractivity contribution < 1.29 is 23.9 Å². The minimum atomic E-state index is -0.692. The number of benzene rings is 1. The number of nitrogens with one attached hydrogen (secondary N) is 2. The molecule has 1 aromatic carbocycles. The van der Waals surface area contributed by atoms with E-state index in [1.807, 2.05) is 30.4 Å². The molecule has 2 N–H and O–H groups in total. The Morgan fingerprint density at radius 1 is 1.19 bits per heavy atom. The van der Waals surface area contributed by atoms with Crippen molar-refractivity contribution in [1.82, 2.24) is 10.6 Å². The minimum absolute atomic E-state index is 0.0155. The zero-order valence-electron chi connectivity index (χ0n) is 12.0. The molecule has 0 bridgehead atoms. The van der Waals surface area contributed by atoms with E-state index in [1.165, 1.54) is 7.05 Å². The van der Waals surface area contributed by atoms with Crippen LogP contribution < -0.4 is 15.4 Å². The number of amides is 3. The molecule has 7 nitrogen and oxygen atoms in total. The van der Waals surface area contributed by atoms with Crippen LogP contribution in [-0.2, 0) is 14.3 Å². The summed E-state index contributed by atoms with van der Waals surface area (Å²) >= 11 is 0. The van der Waals surface area contributed by atoms with Crippen LogP contribution in [0.1, 0.15) is 12.0 Å². The number of hydrogen-bond acceptors (Lipinski definition) is 5. The van der Waals surface area contributed by atoms with Gasteiger partial charge in [0.05, 0.1) is 13.0 Å². The van der Waals surface area contributed by atoms with E-state index < -0.39 is 24.5 Å². The summed E-state index contributed by atoms with van der Waals surface area (Å²) in [5, 5.41) is 4.19. The molecule has 0 aliphatic carbocycles. The molecule has 1 aromatic rings. The van der Waals surface area contributed by atoms with Crippen LogP contribution in [0, 0.1) is 6.92 Å². The fourth-order valence-electron chi connectivity index (χ4n) is 1.41. The van der Waals surface area contributed by atoms with Crippen molar-refractivity contribution in [2.45, 2.75) is 13.3 Å². The molecule has 0 aliphatic rings. The van der Waals surface area contributed by atoms with Crippen LogP contribution >= 0.6 is 0 Å². The lowest BCUT2D eigenvalue weighted by Gasteiger charge is -2.08. The van der Waals surface area contributed by atoms with E-state index in [-0.39, 0.29) is 13.0 Å². The van der Waals surface area contributed by atoms with Crippen molar-refractivity contribution in [1.29, 1.82) is 0 Å². The number of aryl methyl sites for hydroxylation is 1. The monoisotopic (exact) mass is 294 g/mol. The first-order chi connectivity index (χ1) is 10.0. The second-order valence-corrected chi connectivity index (χ2v) is 4.15. The highest BCUT2D eigenvalue weighted by Crippen LogP contribution is 2.16. The maximum absolute atomic E-state index is 11.4. The van der Waals surface area contributed by atoms with Crippen LogP contribution in [0.4, 0.5) is 4.79 Å². The Hall–Kier alpha value is -2.57. The molecule has 0 saturated heterocycles. The number of hydrogen-bond donors (Lipinski definition) is 2. The molecule has 7 heteroatoms. The molecular formula is C14H18N2O5. The molecule has 0 radical (unpaired) electrons. The molecule has 0 spiro atoms. The lowest BCUT2D eigenvalue weighted by Crippen LogP contribution is -2.39. The van der Waals surface area contributed by atoms with Crippen LogP contribution in [0.3, 0.4) is 0 Å². The molecule has 0 aliphatic heterocycles. The first kappa shape index (κ1) is 16.5. The molecule has 0 unspecified atom stereocenters. The van der Waals surface area contributed by atoms with Gasteiger partial charge in [0.2, 0.25) is 0 Å². The summed E-state index contributed by atoms with van der Waals surface area (Å²) in [5.74, 6) is -0.569. The van der Waals surface area contributed by atoms with Gasteiger partial charge in [0, 0.05) is 7.05 Å². The summed E-state index contributed by atoms with van der Waals surface area (Å²) in [5.41, 5.74) is 0.968. The fraction of sp³-hybridized carbons (Fsp3) is 0.357. The molecule has 0 atom stereocenters. The molecule has 0 aromatic heterocycles. The molecular weight excluding hydrogens is 276 g/mol. The summed E-state index contributed by atoms with van der Waals surface area (Å²) < 4.78 is 10.1. The van der Waals surface area contributed by atoms with Gasteiger partial charge >= 0.3 is 12.0 Å². The van der Waals surface area contributed by atoms with E-state index in [0.29, 0.717) is 5.75 Å².